The van der Waals surface area contributed by atoms with Crippen LogP contribution in [0.25, 0.3) is 0 Å². The maximum absolute atomic E-state index is 12.5. The van der Waals surface area contributed by atoms with E-state index in [9.17, 15) is 4.79 Å². The van der Waals surface area contributed by atoms with Crippen LogP contribution in [0.15, 0.2) is 48.7 Å². The van der Waals surface area contributed by atoms with Gasteiger partial charge in [-0.2, -0.15) is 0 Å². The average molecular weight is 281 g/mol. The van der Waals surface area contributed by atoms with Crippen LogP contribution in [0.5, 0.6) is 0 Å². The summed E-state index contributed by atoms with van der Waals surface area (Å²) in [5.74, 6) is 1.52. The lowest BCUT2D eigenvalue weighted by Crippen LogP contribution is -2.26. The summed E-state index contributed by atoms with van der Waals surface area (Å²) in [5.41, 5.74) is 1.53. The molecule has 1 aliphatic carbocycles. The Hall–Kier alpha value is -2.36. The summed E-state index contributed by atoms with van der Waals surface area (Å²) >= 11 is 0. The predicted octanol–water partition coefficient (Wildman–Crippen LogP) is 3.18. The zero-order valence-electron chi connectivity index (χ0n) is 12.1. The highest BCUT2D eigenvalue weighted by atomic mass is 16.2. The van der Waals surface area contributed by atoms with Crippen molar-refractivity contribution in [3.63, 3.8) is 0 Å². The minimum Gasteiger partial charge on any atom is -0.370 e. The average Bonchev–Trinajstić information content (AvgIpc) is 3.37. The van der Waals surface area contributed by atoms with Crippen molar-refractivity contribution in [1.82, 2.24) is 4.98 Å². The molecule has 2 aromatic rings. The van der Waals surface area contributed by atoms with Gasteiger partial charge in [-0.3, -0.25) is 4.79 Å². The Balaban J connectivity index is 1.72. The Kier molecular flexibility index (Phi) is 3.86. The smallest absolute Gasteiger partial charge is 0.258 e. The lowest BCUT2D eigenvalue weighted by atomic mass is 10.2. The van der Waals surface area contributed by atoms with E-state index in [4.69, 9.17) is 0 Å². The monoisotopic (exact) mass is 281 g/mol. The van der Waals surface area contributed by atoms with Crippen LogP contribution >= 0.6 is 0 Å². The van der Waals surface area contributed by atoms with Crippen LogP contribution in [-0.2, 0) is 0 Å². The molecule has 1 N–H and O–H groups in total. The van der Waals surface area contributed by atoms with Gasteiger partial charge in [0.1, 0.15) is 5.82 Å². The third kappa shape index (κ3) is 3.40. The summed E-state index contributed by atoms with van der Waals surface area (Å²) in [6.07, 6.45) is 4.27. The van der Waals surface area contributed by atoms with Gasteiger partial charge in [0.05, 0.1) is 0 Å². The number of anilines is 2. The SMILES string of the molecule is CN(C(=O)c1ccnc(NCC2CC2)c1)c1ccccc1. The molecule has 0 spiro atoms. The summed E-state index contributed by atoms with van der Waals surface area (Å²) < 4.78 is 0. The molecule has 0 bridgehead atoms. The molecule has 1 amide bonds. The molecule has 1 aromatic carbocycles. The first-order valence-electron chi connectivity index (χ1n) is 7.27. The van der Waals surface area contributed by atoms with Crippen molar-refractivity contribution in [3.8, 4) is 0 Å². The van der Waals surface area contributed by atoms with Crippen LogP contribution in [0.4, 0.5) is 11.5 Å². The van der Waals surface area contributed by atoms with Gasteiger partial charge in [0.15, 0.2) is 0 Å². The number of amides is 1. The molecular weight excluding hydrogens is 262 g/mol. The molecule has 0 radical (unpaired) electrons. The van der Waals surface area contributed by atoms with E-state index in [0.717, 1.165) is 24.0 Å². The van der Waals surface area contributed by atoms with Crippen LogP contribution in [-0.4, -0.2) is 24.5 Å². The van der Waals surface area contributed by atoms with E-state index in [0.29, 0.717) is 5.56 Å². The first kappa shape index (κ1) is 13.6. The van der Waals surface area contributed by atoms with Crippen molar-refractivity contribution < 1.29 is 4.79 Å². The van der Waals surface area contributed by atoms with E-state index >= 15 is 0 Å². The Morgan fingerprint density at radius 3 is 2.76 bits per heavy atom. The summed E-state index contributed by atoms with van der Waals surface area (Å²) in [4.78, 5) is 18.4. The normalized spacial score (nSPS) is 13.8. The first-order valence-corrected chi connectivity index (χ1v) is 7.27. The number of benzene rings is 1. The van der Waals surface area contributed by atoms with E-state index in [1.165, 1.54) is 12.8 Å². The van der Waals surface area contributed by atoms with Gasteiger partial charge in [0.2, 0.25) is 0 Å². The molecule has 4 nitrogen and oxygen atoms in total. The molecule has 0 aliphatic heterocycles. The quantitative estimate of drug-likeness (QED) is 0.915. The number of hydrogen-bond acceptors (Lipinski definition) is 3. The maximum atomic E-state index is 12.5. The summed E-state index contributed by atoms with van der Waals surface area (Å²) in [5, 5.41) is 3.30. The van der Waals surface area contributed by atoms with E-state index < -0.39 is 0 Å². The fraction of sp³-hybridized carbons (Fsp3) is 0.294. The summed E-state index contributed by atoms with van der Waals surface area (Å²) in [6.45, 7) is 0.944. The highest BCUT2D eigenvalue weighted by Gasteiger charge is 2.21. The lowest BCUT2D eigenvalue weighted by molar-refractivity contribution is 0.0993. The fourth-order valence-electron chi connectivity index (χ4n) is 2.19. The third-order valence-electron chi connectivity index (χ3n) is 3.72. The van der Waals surface area contributed by atoms with Gasteiger partial charge in [-0.1, -0.05) is 18.2 Å². The molecular formula is C17H19N3O. The second-order valence-electron chi connectivity index (χ2n) is 5.45. The van der Waals surface area contributed by atoms with Gasteiger partial charge >= 0.3 is 0 Å². The van der Waals surface area contributed by atoms with Gasteiger partial charge in [-0.05, 0) is 43.0 Å². The van der Waals surface area contributed by atoms with Crippen molar-refractivity contribution >= 4 is 17.4 Å². The number of hydrogen-bond donors (Lipinski definition) is 1. The minimum atomic E-state index is -0.0296. The minimum absolute atomic E-state index is 0.0296. The number of rotatable bonds is 5. The summed E-state index contributed by atoms with van der Waals surface area (Å²) in [6, 6.07) is 13.2. The Morgan fingerprint density at radius 2 is 2.05 bits per heavy atom. The predicted molar refractivity (Wildman–Crippen MR) is 84.6 cm³/mol. The van der Waals surface area contributed by atoms with Gasteiger partial charge in [0, 0.05) is 31.0 Å². The van der Waals surface area contributed by atoms with E-state index in [1.807, 2.05) is 36.4 Å². The van der Waals surface area contributed by atoms with Gasteiger partial charge < -0.3 is 10.2 Å². The van der Waals surface area contributed by atoms with E-state index in [-0.39, 0.29) is 5.91 Å². The van der Waals surface area contributed by atoms with Crippen LogP contribution in [0.3, 0.4) is 0 Å². The summed E-state index contributed by atoms with van der Waals surface area (Å²) in [7, 11) is 1.79. The zero-order valence-corrected chi connectivity index (χ0v) is 12.1. The third-order valence-corrected chi connectivity index (χ3v) is 3.72. The molecule has 1 saturated carbocycles. The van der Waals surface area contributed by atoms with Crippen LogP contribution in [0.2, 0.25) is 0 Å². The van der Waals surface area contributed by atoms with Crippen molar-refractivity contribution in [2.45, 2.75) is 12.8 Å². The standard InChI is InChI=1S/C17H19N3O/c1-20(15-5-3-2-4-6-15)17(21)14-9-10-18-16(11-14)19-12-13-7-8-13/h2-6,9-11,13H,7-8,12H2,1H3,(H,18,19). The molecule has 0 atom stereocenters. The molecule has 3 rings (SSSR count). The second-order valence-corrected chi connectivity index (χ2v) is 5.45. The van der Waals surface area contributed by atoms with Crippen molar-refractivity contribution in [3.05, 3.63) is 54.2 Å². The van der Waals surface area contributed by atoms with Crippen LogP contribution < -0.4 is 10.2 Å². The Labute approximate surface area is 124 Å². The molecule has 1 aliphatic rings. The molecule has 1 aromatic heterocycles. The number of para-hydroxylation sites is 1. The lowest BCUT2D eigenvalue weighted by Gasteiger charge is -2.17. The highest BCUT2D eigenvalue weighted by Crippen LogP contribution is 2.28. The largest absolute Gasteiger partial charge is 0.370 e. The van der Waals surface area contributed by atoms with Gasteiger partial charge in [-0.25, -0.2) is 4.98 Å². The number of nitrogens with zero attached hydrogens (tertiary/aromatic N) is 2. The van der Waals surface area contributed by atoms with Crippen LogP contribution in [0.1, 0.15) is 23.2 Å². The Morgan fingerprint density at radius 1 is 1.29 bits per heavy atom. The molecule has 21 heavy (non-hydrogen) atoms. The number of pyridine rings is 1. The van der Waals surface area contributed by atoms with Gasteiger partial charge in [0.25, 0.3) is 5.91 Å². The molecule has 4 heteroatoms. The van der Waals surface area contributed by atoms with Crippen molar-refractivity contribution in [1.29, 1.82) is 0 Å². The molecule has 0 saturated heterocycles. The second kappa shape index (κ2) is 5.95. The first-order chi connectivity index (χ1) is 10.2. The van der Waals surface area contributed by atoms with Crippen molar-refractivity contribution in [2.75, 3.05) is 23.8 Å². The molecule has 1 heterocycles. The number of carbonyl (C=O) groups is 1. The topological polar surface area (TPSA) is 45.2 Å². The van der Waals surface area contributed by atoms with E-state index in [1.54, 1.807) is 24.2 Å². The number of nitrogens with one attached hydrogen (secondary N) is 1. The molecule has 1 fully saturated rings. The van der Waals surface area contributed by atoms with Gasteiger partial charge in [-0.15, -0.1) is 0 Å². The number of carbonyl (C=O) groups excluding carboxylic acids is 1. The molecule has 0 unspecified atom stereocenters. The number of aromatic nitrogens is 1. The van der Waals surface area contributed by atoms with E-state index in [2.05, 4.69) is 10.3 Å². The fourth-order valence-corrected chi connectivity index (χ4v) is 2.19. The highest BCUT2D eigenvalue weighted by molar-refractivity contribution is 6.06. The Bertz CT molecular complexity index is 623. The van der Waals surface area contributed by atoms with Crippen molar-refractivity contribution in [2.24, 2.45) is 5.92 Å². The maximum Gasteiger partial charge on any atom is 0.258 e. The molecule has 108 valence electrons. The zero-order chi connectivity index (χ0) is 14.7. The van der Waals surface area contributed by atoms with Crippen LogP contribution in [0, 0.1) is 5.92 Å².